The van der Waals surface area contributed by atoms with Crippen molar-refractivity contribution < 1.29 is 4.79 Å². The molecule has 2 N–H and O–H groups in total. The quantitative estimate of drug-likeness (QED) is 0.775. The monoisotopic (exact) mass is 212 g/mol. The van der Waals surface area contributed by atoms with Crippen molar-refractivity contribution in [3.63, 3.8) is 0 Å². The minimum absolute atomic E-state index is 0.131. The first-order valence-corrected chi connectivity index (χ1v) is 6.05. The standard InChI is InChI=1S/C12H24N2O/c1-9-4-6-11(3)14(8-9)12(15)7-5-10(2)13/h9-11H,4-8,13H2,1-3H3. The van der Waals surface area contributed by atoms with Gasteiger partial charge < -0.3 is 10.6 Å². The van der Waals surface area contributed by atoms with Crippen LogP contribution in [0.25, 0.3) is 0 Å². The summed E-state index contributed by atoms with van der Waals surface area (Å²) >= 11 is 0. The zero-order valence-corrected chi connectivity index (χ0v) is 10.2. The normalized spacial score (nSPS) is 28.9. The summed E-state index contributed by atoms with van der Waals surface area (Å²) in [5.41, 5.74) is 5.66. The highest BCUT2D eigenvalue weighted by Gasteiger charge is 2.26. The number of nitrogens with zero attached hydrogens (tertiary/aromatic N) is 1. The topological polar surface area (TPSA) is 46.3 Å². The molecule has 1 rings (SSSR count). The Labute approximate surface area is 93.0 Å². The number of amides is 1. The number of carbonyl (C=O) groups is 1. The predicted octanol–water partition coefficient (Wildman–Crippen LogP) is 1.76. The molecule has 0 aliphatic carbocycles. The zero-order chi connectivity index (χ0) is 11.4. The van der Waals surface area contributed by atoms with E-state index < -0.39 is 0 Å². The smallest absolute Gasteiger partial charge is 0.222 e. The Bertz CT molecular complexity index is 216. The summed E-state index contributed by atoms with van der Waals surface area (Å²) in [4.78, 5) is 14.0. The fraction of sp³-hybridized carbons (Fsp3) is 0.917. The van der Waals surface area contributed by atoms with Crippen molar-refractivity contribution in [1.82, 2.24) is 4.90 Å². The Balaban J connectivity index is 2.42. The van der Waals surface area contributed by atoms with Gasteiger partial charge in [0.2, 0.25) is 5.91 Å². The van der Waals surface area contributed by atoms with E-state index in [0.717, 1.165) is 19.4 Å². The minimum Gasteiger partial charge on any atom is -0.340 e. The summed E-state index contributed by atoms with van der Waals surface area (Å²) in [7, 11) is 0. The number of piperidine rings is 1. The van der Waals surface area contributed by atoms with Gasteiger partial charge in [-0.1, -0.05) is 6.92 Å². The molecule has 3 nitrogen and oxygen atoms in total. The van der Waals surface area contributed by atoms with E-state index in [1.54, 1.807) is 0 Å². The van der Waals surface area contributed by atoms with Gasteiger partial charge >= 0.3 is 0 Å². The molecule has 1 fully saturated rings. The highest BCUT2D eigenvalue weighted by atomic mass is 16.2. The Morgan fingerprint density at radius 1 is 1.47 bits per heavy atom. The molecular weight excluding hydrogens is 188 g/mol. The van der Waals surface area contributed by atoms with Crippen molar-refractivity contribution in [1.29, 1.82) is 0 Å². The van der Waals surface area contributed by atoms with Crippen LogP contribution >= 0.6 is 0 Å². The second-order valence-electron chi connectivity index (χ2n) is 5.09. The third-order valence-corrected chi connectivity index (χ3v) is 3.25. The van der Waals surface area contributed by atoms with Gasteiger partial charge in [-0.3, -0.25) is 4.79 Å². The van der Waals surface area contributed by atoms with Crippen LogP contribution in [0.3, 0.4) is 0 Å². The fourth-order valence-electron chi connectivity index (χ4n) is 2.13. The van der Waals surface area contributed by atoms with Crippen molar-refractivity contribution in [2.45, 2.75) is 58.5 Å². The lowest BCUT2D eigenvalue weighted by Gasteiger charge is -2.37. The highest BCUT2D eigenvalue weighted by molar-refractivity contribution is 5.76. The molecule has 15 heavy (non-hydrogen) atoms. The first-order chi connectivity index (χ1) is 7.00. The predicted molar refractivity (Wildman–Crippen MR) is 62.5 cm³/mol. The first-order valence-electron chi connectivity index (χ1n) is 6.05. The second-order valence-corrected chi connectivity index (χ2v) is 5.09. The number of hydrogen-bond acceptors (Lipinski definition) is 2. The minimum atomic E-state index is 0.131. The fourth-order valence-corrected chi connectivity index (χ4v) is 2.13. The van der Waals surface area contributed by atoms with Crippen LogP contribution in [0.5, 0.6) is 0 Å². The van der Waals surface area contributed by atoms with Crippen LogP contribution in [0, 0.1) is 5.92 Å². The molecule has 3 heteroatoms. The molecule has 1 heterocycles. The van der Waals surface area contributed by atoms with Crippen molar-refractivity contribution >= 4 is 5.91 Å². The van der Waals surface area contributed by atoms with E-state index >= 15 is 0 Å². The summed E-state index contributed by atoms with van der Waals surface area (Å²) < 4.78 is 0. The summed E-state index contributed by atoms with van der Waals surface area (Å²) in [5.74, 6) is 0.937. The molecule has 0 radical (unpaired) electrons. The molecule has 0 aromatic heterocycles. The molecule has 0 bridgehead atoms. The molecule has 1 saturated heterocycles. The Morgan fingerprint density at radius 3 is 2.73 bits per heavy atom. The summed E-state index contributed by atoms with van der Waals surface area (Å²) in [5, 5.41) is 0. The van der Waals surface area contributed by atoms with E-state index in [0.29, 0.717) is 18.4 Å². The lowest BCUT2D eigenvalue weighted by molar-refractivity contribution is -0.135. The van der Waals surface area contributed by atoms with E-state index in [1.807, 2.05) is 11.8 Å². The largest absolute Gasteiger partial charge is 0.340 e. The van der Waals surface area contributed by atoms with Gasteiger partial charge in [0.1, 0.15) is 0 Å². The summed E-state index contributed by atoms with van der Waals surface area (Å²) in [6.07, 6.45) is 3.80. The van der Waals surface area contributed by atoms with Gasteiger partial charge in [0.05, 0.1) is 0 Å². The number of likely N-dealkylation sites (tertiary alicyclic amines) is 1. The maximum Gasteiger partial charge on any atom is 0.222 e. The number of hydrogen-bond donors (Lipinski definition) is 1. The Hall–Kier alpha value is -0.570. The lowest BCUT2D eigenvalue weighted by atomic mass is 9.94. The maximum atomic E-state index is 11.9. The van der Waals surface area contributed by atoms with Crippen LogP contribution in [0.1, 0.15) is 46.5 Å². The van der Waals surface area contributed by atoms with E-state index in [9.17, 15) is 4.79 Å². The van der Waals surface area contributed by atoms with E-state index in [2.05, 4.69) is 13.8 Å². The van der Waals surface area contributed by atoms with Gasteiger partial charge in [-0.15, -0.1) is 0 Å². The van der Waals surface area contributed by atoms with Crippen LogP contribution < -0.4 is 5.73 Å². The Kier molecular flexibility index (Phi) is 4.58. The molecule has 0 spiro atoms. The molecule has 88 valence electrons. The third-order valence-electron chi connectivity index (χ3n) is 3.25. The van der Waals surface area contributed by atoms with Gasteiger partial charge in [-0.2, -0.15) is 0 Å². The van der Waals surface area contributed by atoms with E-state index in [-0.39, 0.29) is 11.9 Å². The molecule has 0 aromatic carbocycles. The summed E-state index contributed by atoms with van der Waals surface area (Å²) in [6.45, 7) is 7.25. The van der Waals surface area contributed by atoms with Crippen molar-refractivity contribution in [3.05, 3.63) is 0 Å². The van der Waals surface area contributed by atoms with Gasteiger partial charge in [0.25, 0.3) is 0 Å². The second kappa shape index (κ2) is 5.50. The number of carbonyl (C=O) groups excluding carboxylic acids is 1. The first kappa shape index (κ1) is 12.5. The molecule has 1 aliphatic rings. The van der Waals surface area contributed by atoms with E-state index in [1.165, 1.54) is 6.42 Å². The van der Waals surface area contributed by atoms with Gasteiger partial charge in [0, 0.05) is 25.0 Å². The Morgan fingerprint density at radius 2 is 2.13 bits per heavy atom. The van der Waals surface area contributed by atoms with Gasteiger partial charge in [-0.05, 0) is 39.0 Å². The molecule has 3 unspecified atom stereocenters. The van der Waals surface area contributed by atoms with Crippen molar-refractivity contribution in [2.24, 2.45) is 11.7 Å². The number of rotatable bonds is 3. The van der Waals surface area contributed by atoms with Crippen molar-refractivity contribution in [2.75, 3.05) is 6.54 Å². The average molecular weight is 212 g/mol. The third kappa shape index (κ3) is 3.82. The molecule has 3 atom stereocenters. The highest BCUT2D eigenvalue weighted by Crippen LogP contribution is 2.22. The molecule has 1 aliphatic heterocycles. The molecule has 1 amide bonds. The van der Waals surface area contributed by atoms with Crippen LogP contribution in [-0.2, 0) is 4.79 Å². The van der Waals surface area contributed by atoms with Crippen LogP contribution in [-0.4, -0.2) is 29.4 Å². The molecule has 0 aromatic rings. The summed E-state index contributed by atoms with van der Waals surface area (Å²) in [6, 6.07) is 0.549. The van der Waals surface area contributed by atoms with Crippen LogP contribution in [0.2, 0.25) is 0 Å². The zero-order valence-electron chi connectivity index (χ0n) is 10.2. The van der Waals surface area contributed by atoms with Crippen molar-refractivity contribution in [3.8, 4) is 0 Å². The molecule has 0 saturated carbocycles. The maximum absolute atomic E-state index is 11.9. The van der Waals surface area contributed by atoms with Crippen LogP contribution in [0.15, 0.2) is 0 Å². The van der Waals surface area contributed by atoms with Gasteiger partial charge in [-0.25, -0.2) is 0 Å². The molecular formula is C12H24N2O. The average Bonchev–Trinajstić information content (AvgIpc) is 2.18. The number of nitrogens with two attached hydrogens (primary N) is 1. The lowest BCUT2D eigenvalue weighted by Crippen LogP contribution is -2.45. The van der Waals surface area contributed by atoms with E-state index in [4.69, 9.17) is 5.73 Å². The SMILES string of the molecule is CC(N)CCC(=O)N1CC(C)CCC1C. The van der Waals surface area contributed by atoms with Crippen LogP contribution in [0.4, 0.5) is 0 Å². The van der Waals surface area contributed by atoms with Gasteiger partial charge in [0.15, 0.2) is 0 Å².